The molecule has 0 saturated heterocycles. The van der Waals surface area contributed by atoms with Gasteiger partial charge in [0.25, 0.3) is 0 Å². The van der Waals surface area contributed by atoms with Crippen molar-refractivity contribution in [2.45, 2.75) is 58.9 Å². The van der Waals surface area contributed by atoms with Crippen LogP contribution in [0, 0.1) is 11.3 Å². The van der Waals surface area contributed by atoms with Crippen LogP contribution in [-0.4, -0.2) is 20.6 Å². The predicted octanol–water partition coefficient (Wildman–Crippen LogP) is 3.29. The third-order valence-electron chi connectivity index (χ3n) is 4.25. The summed E-state index contributed by atoms with van der Waals surface area (Å²) in [5, 5.41) is 9.46. The molecule has 4 heteroatoms. The maximum absolute atomic E-state index is 11.5. The highest BCUT2D eigenvalue weighted by Crippen LogP contribution is 2.46. The van der Waals surface area contributed by atoms with Crippen molar-refractivity contribution < 1.29 is 9.90 Å². The number of hydrogen-bond donors (Lipinski definition) is 1. The molecule has 1 aromatic heterocycles. The molecule has 0 bridgehead atoms. The van der Waals surface area contributed by atoms with Gasteiger partial charge >= 0.3 is 5.97 Å². The van der Waals surface area contributed by atoms with E-state index in [2.05, 4.69) is 30.3 Å². The van der Waals surface area contributed by atoms with E-state index in [-0.39, 0.29) is 17.3 Å². The number of aryl methyl sites for hydroxylation is 1. The molecule has 0 aromatic carbocycles. The van der Waals surface area contributed by atoms with Gasteiger partial charge in [0.1, 0.15) is 5.82 Å². The van der Waals surface area contributed by atoms with Crippen LogP contribution < -0.4 is 0 Å². The molecular formula is C15H24N2O2. The highest BCUT2D eigenvalue weighted by atomic mass is 16.4. The van der Waals surface area contributed by atoms with E-state index in [1.807, 2.05) is 6.20 Å². The molecule has 1 saturated carbocycles. The van der Waals surface area contributed by atoms with Gasteiger partial charge in [0.15, 0.2) is 0 Å². The molecule has 2 atom stereocenters. The lowest BCUT2D eigenvalue weighted by Crippen LogP contribution is -2.34. The summed E-state index contributed by atoms with van der Waals surface area (Å²) in [6, 6.07) is 0. The van der Waals surface area contributed by atoms with E-state index in [0.717, 1.165) is 38.1 Å². The summed E-state index contributed by atoms with van der Waals surface area (Å²) in [7, 11) is 0. The Kier molecular flexibility index (Phi) is 3.97. The fourth-order valence-electron chi connectivity index (χ4n) is 3.23. The Morgan fingerprint density at radius 3 is 2.95 bits per heavy atom. The lowest BCUT2D eigenvalue weighted by atomic mass is 9.67. The molecule has 2 rings (SSSR count). The van der Waals surface area contributed by atoms with Crippen LogP contribution in [0.4, 0.5) is 0 Å². The molecule has 0 radical (unpaired) electrons. The number of nitrogens with zero attached hydrogens (tertiary/aromatic N) is 2. The van der Waals surface area contributed by atoms with E-state index in [0.29, 0.717) is 0 Å². The van der Waals surface area contributed by atoms with Crippen LogP contribution in [0.3, 0.4) is 0 Å². The second-order valence-electron chi connectivity index (χ2n) is 6.44. The Balaban J connectivity index is 2.31. The summed E-state index contributed by atoms with van der Waals surface area (Å²) in [4.78, 5) is 16.0. The number of hydrogen-bond acceptors (Lipinski definition) is 2. The molecule has 0 spiro atoms. The highest BCUT2D eigenvalue weighted by Gasteiger charge is 2.41. The average molecular weight is 264 g/mol. The Morgan fingerprint density at radius 1 is 1.58 bits per heavy atom. The number of imidazole rings is 1. The van der Waals surface area contributed by atoms with Gasteiger partial charge in [0, 0.05) is 24.9 Å². The lowest BCUT2D eigenvalue weighted by Gasteiger charge is -2.38. The molecule has 4 nitrogen and oxygen atoms in total. The zero-order chi connectivity index (χ0) is 14.0. The van der Waals surface area contributed by atoms with Gasteiger partial charge in [-0.15, -0.1) is 0 Å². The van der Waals surface area contributed by atoms with Crippen LogP contribution in [0.1, 0.15) is 58.2 Å². The first kappa shape index (κ1) is 14.1. The molecule has 1 aromatic rings. The molecule has 1 aliphatic rings. The quantitative estimate of drug-likeness (QED) is 0.908. The number of carbonyl (C=O) groups is 1. The maximum Gasteiger partial charge on any atom is 0.307 e. The van der Waals surface area contributed by atoms with Crippen LogP contribution in [0.25, 0.3) is 0 Å². The first-order valence-corrected chi connectivity index (χ1v) is 7.18. The number of aromatic nitrogens is 2. The van der Waals surface area contributed by atoms with E-state index < -0.39 is 5.97 Å². The predicted molar refractivity (Wildman–Crippen MR) is 74.0 cm³/mol. The van der Waals surface area contributed by atoms with Crippen molar-refractivity contribution >= 4 is 5.97 Å². The normalized spacial score (nSPS) is 26.3. The topological polar surface area (TPSA) is 55.1 Å². The maximum atomic E-state index is 11.5. The summed E-state index contributed by atoms with van der Waals surface area (Å²) in [6.07, 6.45) is 7.45. The van der Waals surface area contributed by atoms with Crippen molar-refractivity contribution in [1.82, 2.24) is 9.55 Å². The fourth-order valence-corrected chi connectivity index (χ4v) is 3.23. The summed E-state index contributed by atoms with van der Waals surface area (Å²) in [6.45, 7) is 7.50. The van der Waals surface area contributed by atoms with Gasteiger partial charge in [0.05, 0.1) is 5.92 Å². The Morgan fingerprint density at radius 2 is 2.32 bits per heavy atom. The van der Waals surface area contributed by atoms with E-state index >= 15 is 0 Å². The SMILES string of the molecule is CCCn1ccnc1C1CC(C)(C)CCC1C(=O)O. The standard InChI is InChI=1S/C15H24N2O2/c1-4-8-17-9-7-16-13(17)12-10-15(2,3)6-5-11(12)14(18)19/h7,9,11-12H,4-6,8,10H2,1-3H3,(H,18,19). The molecule has 1 heterocycles. The number of aliphatic carboxylic acids is 1. The molecule has 2 unspecified atom stereocenters. The molecule has 106 valence electrons. The van der Waals surface area contributed by atoms with Crippen LogP contribution >= 0.6 is 0 Å². The second kappa shape index (κ2) is 5.35. The van der Waals surface area contributed by atoms with Crippen molar-refractivity contribution in [1.29, 1.82) is 0 Å². The zero-order valence-corrected chi connectivity index (χ0v) is 12.1. The number of carboxylic acids is 1. The summed E-state index contributed by atoms with van der Waals surface area (Å²) in [5.74, 6) is 0.0439. The van der Waals surface area contributed by atoms with Crippen LogP contribution in [0.2, 0.25) is 0 Å². The molecule has 0 aliphatic heterocycles. The monoisotopic (exact) mass is 264 g/mol. The van der Waals surface area contributed by atoms with Crippen molar-refractivity contribution in [3.8, 4) is 0 Å². The largest absolute Gasteiger partial charge is 0.481 e. The third kappa shape index (κ3) is 2.99. The zero-order valence-electron chi connectivity index (χ0n) is 12.1. The Hall–Kier alpha value is -1.32. The first-order chi connectivity index (χ1) is 8.94. The van der Waals surface area contributed by atoms with Crippen molar-refractivity contribution in [2.75, 3.05) is 0 Å². The molecule has 19 heavy (non-hydrogen) atoms. The Bertz CT molecular complexity index is 451. The van der Waals surface area contributed by atoms with Gasteiger partial charge in [-0.3, -0.25) is 4.79 Å². The van der Waals surface area contributed by atoms with Gasteiger partial charge in [-0.25, -0.2) is 4.98 Å². The van der Waals surface area contributed by atoms with Gasteiger partial charge in [-0.2, -0.15) is 0 Å². The molecular weight excluding hydrogens is 240 g/mol. The van der Waals surface area contributed by atoms with E-state index in [1.165, 1.54) is 0 Å². The van der Waals surface area contributed by atoms with Gasteiger partial charge in [0.2, 0.25) is 0 Å². The van der Waals surface area contributed by atoms with E-state index in [9.17, 15) is 9.90 Å². The molecule has 1 fully saturated rings. The van der Waals surface area contributed by atoms with Crippen LogP contribution in [0.5, 0.6) is 0 Å². The minimum absolute atomic E-state index is 0.0443. The van der Waals surface area contributed by atoms with Crippen molar-refractivity contribution in [3.05, 3.63) is 18.2 Å². The molecule has 0 amide bonds. The summed E-state index contributed by atoms with van der Waals surface area (Å²) < 4.78 is 2.13. The van der Waals surface area contributed by atoms with Crippen LogP contribution in [0.15, 0.2) is 12.4 Å². The summed E-state index contributed by atoms with van der Waals surface area (Å²) in [5.41, 5.74) is 0.208. The fraction of sp³-hybridized carbons (Fsp3) is 0.733. The average Bonchev–Trinajstić information content (AvgIpc) is 2.76. The van der Waals surface area contributed by atoms with E-state index in [1.54, 1.807) is 6.20 Å². The molecule has 1 N–H and O–H groups in total. The smallest absolute Gasteiger partial charge is 0.307 e. The van der Waals surface area contributed by atoms with Gasteiger partial charge < -0.3 is 9.67 Å². The minimum Gasteiger partial charge on any atom is -0.481 e. The van der Waals surface area contributed by atoms with Gasteiger partial charge in [-0.1, -0.05) is 20.8 Å². The number of rotatable bonds is 4. The first-order valence-electron chi connectivity index (χ1n) is 7.18. The second-order valence-corrected chi connectivity index (χ2v) is 6.44. The lowest BCUT2D eigenvalue weighted by molar-refractivity contribution is -0.144. The summed E-state index contributed by atoms with van der Waals surface area (Å²) >= 11 is 0. The molecule has 1 aliphatic carbocycles. The highest BCUT2D eigenvalue weighted by molar-refractivity contribution is 5.71. The Labute approximate surface area is 114 Å². The third-order valence-corrected chi connectivity index (χ3v) is 4.25. The van der Waals surface area contributed by atoms with Crippen LogP contribution in [-0.2, 0) is 11.3 Å². The van der Waals surface area contributed by atoms with Crippen molar-refractivity contribution in [2.24, 2.45) is 11.3 Å². The minimum atomic E-state index is -0.674. The number of carboxylic acid groups (broad SMARTS) is 1. The van der Waals surface area contributed by atoms with Gasteiger partial charge in [-0.05, 0) is 31.1 Å². The van der Waals surface area contributed by atoms with E-state index in [4.69, 9.17) is 0 Å². The van der Waals surface area contributed by atoms with Crippen molar-refractivity contribution in [3.63, 3.8) is 0 Å².